The van der Waals surface area contributed by atoms with Gasteiger partial charge in [0.15, 0.2) is 0 Å². The third-order valence-electron chi connectivity index (χ3n) is 4.11. The standard InChI is InChI=1S/C20H16F2N2O6S2/c1-30-20(25)13-10-16(23-31(26,27)18-6-2-14(21)3-7-18)12-17(11-13)24-32(28,29)19-8-4-15(22)5-9-19/h2-12,23-24H,1H3. The predicted molar refractivity (Wildman–Crippen MR) is 112 cm³/mol. The summed E-state index contributed by atoms with van der Waals surface area (Å²) in [6.07, 6.45) is 0. The second-order valence-corrected chi connectivity index (χ2v) is 9.77. The summed E-state index contributed by atoms with van der Waals surface area (Å²) < 4.78 is 85.6. The van der Waals surface area contributed by atoms with Gasteiger partial charge in [-0.1, -0.05) is 0 Å². The lowest BCUT2D eigenvalue weighted by Crippen LogP contribution is -2.16. The first-order valence-corrected chi connectivity index (χ1v) is 11.8. The van der Waals surface area contributed by atoms with Crippen LogP contribution in [0.4, 0.5) is 20.2 Å². The third kappa shape index (κ3) is 5.39. The minimum Gasteiger partial charge on any atom is -0.465 e. The Labute approximate surface area is 183 Å². The molecule has 3 rings (SSSR count). The van der Waals surface area contributed by atoms with Crippen LogP contribution in [-0.4, -0.2) is 29.9 Å². The summed E-state index contributed by atoms with van der Waals surface area (Å²) in [5, 5.41) is 0. The van der Waals surface area contributed by atoms with Crippen LogP contribution in [0.5, 0.6) is 0 Å². The highest BCUT2D eigenvalue weighted by molar-refractivity contribution is 7.93. The van der Waals surface area contributed by atoms with Crippen molar-refractivity contribution in [3.8, 4) is 0 Å². The normalized spacial score (nSPS) is 11.6. The average molecular weight is 482 g/mol. The van der Waals surface area contributed by atoms with E-state index in [1.54, 1.807) is 0 Å². The SMILES string of the molecule is COC(=O)c1cc(NS(=O)(=O)c2ccc(F)cc2)cc(NS(=O)(=O)c2ccc(F)cc2)c1. The van der Waals surface area contributed by atoms with Gasteiger partial charge < -0.3 is 4.74 Å². The van der Waals surface area contributed by atoms with Crippen LogP contribution in [0.15, 0.2) is 76.5 Å². The highest BCUT2D eigenvalue weighted by Gasteiger charge is 2.19. The van der Waals surface area contributed by atoms with Gasteiger partial charge >= 0.3 is 5.97 Å². The fraction of sp³-hybridized carbons (Fsp3) is 0.0500. The fourth-order valence-electron chi connectivity index (χ4n) is 2.64. The predicted octanol–water partition coefficient (Wildman–Crippen LogP) is 3.35. The van der Waals surface area contributed by atoms with E-state index in [0.29, 0.717) is 0 Å². The van der Waals surface area contributed by atoms with Gasteiger partial charge in [-0.2, -0.15) is 0 Å². The molecule has 0 saturated carbocycles. The molecule has 0 radical (unpaired) electrons. The Morgan fingerprint density at radius 2 is 1.09 bits per heavy atom. The van der Waals surface area contributed by atoms with E-state index in [-0.39, 0.29) is 26.7 Å². The maximum absolute atomic E-state index is 13.1. The lowest BCUT2D eigenvalue weighted by atomic mass is 10.2. The average Bonchev–Trinajstić information content (AvgIpc) is 2.73. The molecule has 8 nitrogen and oxygen atoms in total. The largest absolute Gasteiger partial charge is 0.465 e. The Balaban J connectivity index is 1.99. The molecule has 3 aromatic rings. The number of halogens is 2. The van der Waals surface area contributed by atoms with Gasteiger partial charge in [0, 0.05) is 0 Å². The van der Waals surface area contributed by atoms with E-state index in [2.05, 4.69) is 14.2 Å². The van der Waals surface area contributed by atoms with Crippen LogP contribution in [-0.2, 0) is 24.8 Å². The lowest BCUT2D eigenvalue weighted by Gasteiger charge is -2.13. The van der Waals surface area contributed by atoms with Gasteiger partial charge in [-0.05, 0) is 66.7 Å². The van der Waals surface area contributed by atoms with E-state index < -0.39 is 37.7 Å². The molecule has 2 N–H and O–H groups in total. The van der Waals surface area contributed by atoms with Gasteiger partial charge in [0.1, 0.15) is 11.6 Å². The molecule has 3 aromatic carbocycles. The zero-order chi connectivity index (χ0) is 23.5. The molecule has 0 aliphatic heterocycles. The van der Waals surface area contributed by atoms with Crippen LogP contribution in [0.3, 0.4) is 0 Å². The van der Waals surface area contributed by atoms with Crippen LogP contribution >= 0.6 is 0 Å². The van der Waals surface area contributed by atoms with Crippen molar-refractivity contribution in [3.05, 3.63) is 83.9 Å². The number of esters is 1. The van der Waals surface area contributed by atoms with Gasteiger partial charge in [0.25, 0.3) is 20.0 Å². The maximum Gasteiger partial charge on any atom is 0.337 e. The zero-order valence-corrected chi connectivity index (χ0v) is 18.0. The molecule has 168 valence electrons. The van der Waals surface area contributed by atoms with Crippen molar-refractivity contribution in [2.24, 2.45) is 0 Å². The van der Waals surface area contributed by atoms with E-state index in [4.69, 9.17) is 0 Å². The van der Waals surface area contributed by atoms with Crippen LogP contribution < -0.4 is 9.44 Å². The van der Waals surface area contributed by atoms with Crippen LogP contribution in [0.25, 0.3) is 0 Å². The minimum absolute atomic E-state index is 0.149. The number of hydrogen-bond acceptors (Lipinski definition) is 6. The Morgan fingerprint density at radius 1 is 0.719 bits per heavy atom. The van der Waals surface area contributed by atoms with Gasteiger partial charge in [0.2, 0.25) is 0 Å². The van der Waals surface area contributed by atoms with Crippen molar-refractivity contribution in [1.29, 1.82) is 0 Å². The molecule has 0 spiro atoms. The maximum atomic E-state index is 13.1. The number of hydrogen-bond donors (Lipinski definition) is 2. The molecule has 0 aromatic heterocycles. The number of ether oxygens (including phenoxy) is 1. The number of rotatable bonds is 7. The molecule has 0 saturated heterocycles. The summed E-state index contributed by atoms with van der Waals surface area (Å²) in [5.41, 5.74) is -0.466. The van der Waals surface area contributed by atoms with Crippen molar-refractivity contribution in [2.45, 2.75) is 9.79 Å². The van der Waals surface area contributed by atoms with Crippen molar-refractivity contribution in [3.63, 3.8) is 0 Å². The lowest BCUT2D eigenvalue weighted by molar-refractivity contribution is 0.0600. The highest BCUT2D eigenvalue weighted by Crippen LogP contribution is 2.25. The van der Waals surface area contributed by atoms with Gasteiger partial charge in [0.05, 0.1) is 33.8 Å². The fourth-order valence-corrected chi connectivity index (χ4v) is 4.72. The molecule has 0 fully saturated rings. The van der Waals surface area contributed by atoms with E-state index in [1.807, 2.05) is 0 Å². The topological polar surface area (TPSA) is 119 Å². The quantitative estimate of drug-likeness (QED) is 0.499. The van der Waals surface area contributed by atoms with E-state index in [1.165, 1.54) is 0 Å². The number of carbonyl (C=O) groups is 1. The molecule has 0 aliphatic carbocycles. The number of nitrogens with one attached hydrogen (secondary N) is 2. The molecule has 0 unspecified atom stereocenters. The Bertz CT molecular complexity index is 1260. The molecular weight excluding hydrogens is 466 g/mol. The first-order valence-electron chi connectivity index (χ1n) is 8.80. The van der Waals surface area contributed by atoms with Gasteiger partial charge in [-0.25, -0.2) is 30.4 Å². The molecule has 0 aliphatic rings. The Hall–Kier alpha value is -3.51. The summed E-state index contributed by atoms with van der Waals surface area (Å²) in [5.74, 6) is -2.11. The first-order chi connectivity index (χ1) is 15.0. The van der Waals surface area contributed by atoms with Crippen molar-refractivity contribution >= 4 is 37.4 Å². The number of sulfonamides is 2. The second kappa shape index (κ2) is 8.93. The zero-order valence-electron chi connectivity index (χ0n) is 16.4. The Kier molecular flexibility index (Phi) is 6.46. The summed E-state index contributed by atoms with van der Waals surface area (Å²) in [7, 11) is -7.27. The van der Waals surface area contributed by atoms with Crippen molar-refractivity contribution < 1.29 is 35.1 Å². The smallest absolute Gasteiger partial charge is 0.337 e. The van der Waals surface area contributed by atoms with Crippen LogP contribution in [0.2, 0.25) is 0 Å². The molecule has 0 heterocycles. The van der Waals surface area contributed by atoms with E-state index in [9.17, 15) is 30.4 Å². The summed E-state index contributed by atoms with van der Waals surface area (Å²) >= 11 is 0. The van der Waals surface area contributed by atoms with E-state index in [0.717, 1.165) is 73.8 Å². The molecule has 0 atom stereocenters. The first kappa shape index (κ1) is 23.2. The molecule has 0 amide bonds. The number of anilines is 2. The third-order valence-corrected chi connectivity index (χ3v) is 6.90. The molecule has 0 bridgehead atoms. The Morgan fingerprint density at radius 3 is 1.44 bits per heavy atom. The van der Waals surface area contributed by atoms with Crippen molar-refractivity contribution in [1.82, 2.24) is 0 Å². The van der Waals surface area contributed by atoms with Gasteiger partial charge in [-0.3, -0.25) is 9.44 Å². The molecule has 12 heteroatoms. The number of methoxy groups -OCH3 is 1. The highest BCUT2D eigenvalue weighted by atomic mass is 32.2. The second-order valence-electron chi connectivity index (χ2n) is 6.41. The van der Waals surface area contributed by atoms with Gasteiger partial charge in [-0.15, -0.1) is 0 Å². The number of benzene rings is 3. The summed E-state index contributed by atoms with van der Waals surface area (Å²) in [6, 6.07) is 11.4. The van der Waals surface area contributed by atoms with Crippen LogP contribution in [0.1, 0.15) is 10.4 Å². The van der Waals surface area contributed by atoms with E-state index >= 15 is 0 Å². The van der Waals surface area contributed by atoms with Crippen LogP contribution in [0, 0.1) is 11.6 Å². The molecule has 32 heavy (non-hydrogen) atoms. The van der Waals surface area contributed by atoms with Crippen molar-refractivity contribution in [2.75, 3.05) is 16.6 Å². The number of carbonyl (C=O) groups excluding carboxylic acids is 1. The summed E-state index contributed by atoms with van der Waals surface area (Å²) in [4.78, 5) is 11.5. The monoisotopic (exact) mass is 482 g/mol. The molecular formula is C20H16F2N2O6S2. The minimum atomic E-state index is -4.18. The summed E-state index contributed by atoms with van der Waals surface area (Å²) in [6.45, 7) is 0.